The summed E-state index contributed by atoms with van der Waals surface area (Å²) >= 11 is 5.96. The van der Waals surface area contributed by atoms with E-state index in [-0.39, 0.29) is 34.5 Å². The highest BCUT2D eigenvalue weighted by molar-refractivity contribution is 6.29. The highest BCUT2D eigenvalue weighted by atomic mass is 35.5. The number of anilines is 1. The third-order valence-corrected chi connectivity index (χ3v) is 5.94. The highest BCUT2D eigenvalue weighted by Crippen LogP contribution is 2.12. The lowest BCUT2D eigenvalue weighted by molar-refractivity contribution is -0.145. The molecular formula is C29H30ClN7O7. The van der Waals surface area contributed by atoms with Gasteiger partial charge in [-0.3, -0.25) is 19.2 Å². The average molecular weight is 624 g/mol. The molecule has 0 saturated carbocycles. The topological polar surface area (TPSA) is 201 Å². The van der Waals surface area contributed by atoms with Crippen LogP contribution >= 0.6 is 11.6 Å². The fourth-order valence-electron chi connectivity index (χ4n) is 3.62. The molecular weight excluding hydrogens is 594 g/mol. The van der Waals surface area contributed by atoms with E-state index in [1.54, 1.807) is 49.4 Å². The molecule has 0 bridgehead atoms. The number of amides is 4. The number of carbonyl (C=O) groups is 5. The van der Waals surface area contributed by atoms with Crippen LogP contribution in [0.4, 0.5) is 5.95 Å². The first-order valence-corrected chi connectivity index (χ1v) is 13.5. The fourth-order valence-corrected chi connectivity index (χ4v) is 3.86. The molecule has 0 unspecified atom stereocenters. The number of benzene rings is 2. The maximum Gasteiger partial charge on any atom is 0.328 e. The van der Waals surface area contributed by atoms with Crippen LogP contribution in [0.2, 0.25) is 5.15 Å². The van der Waals surface area contributed by atoms with Gasteiger partial charge in [-0.1, -0.05) is 41.9 Å². The van der Waals surface area contributed by atoms with Gasteiger partial charge in [-0.2, -0.15) is 0 Å². The van der Waals surface area contributed by atoms with E-state index in [0.29, 0.717) is 11.3 Å². The molecule has 44 heavy (non-hydrogen) atoms. The Balaban J connectivity index is 1.58. The van der Waals surface area contributed by atoms with E-state index in [4.69, 9.17) is 16.3 Å². The lowest BCUT2D eigenvalue weighted by atomic mass is 10.1. The van der Waals surface area contributed by atoms with Crippen molar-refractivity contribution in [2.45, 2.75) is 19.4 Å². The van der Waals surface area contributed by atoms with E-state index in [1.165, 1.54) is 25.3 Å². The van der Waals surface area contributed by atoms with Crippen LogP contribution in [0, 0.1) is 6.92 Å². The van der Waals surface area contributed by atoms with Crippen molar-refractivity contribution in [3.63, 3.8) is 0 Å². The summed E-state index contributed by atoms with van der Waals surface area (Å²) in [6.45, 7) is 0.640. The summed E-state index contributed by atoms with van der Waals surface area (Å²) in [7, 11) is 1.17. The number of nitrogens with zero attached hydrogens (tertiary/aromatic N) is 2. The van der Waals surface area contributed by atoms with E-state index in [2.05, 4.69) is 36.6 Å². The molecule has 14 nitrogen and oxygen atoms in total. The molecule has 0 aliphatic carbocycles. The second kappa shape index (κ2) is 16.2. The van der Waals surface area contributed by atoms with Crippen LogP contribution in [0.25, 0.3) is 0 Å². The molecule has 0 fully saturated rings. The number of hydrogen-bond donors (Lipinski definition) is 6. The second-order valence-electron chi connectivity index (χ2n) is 9.15. The van der Waals surface area contributed by atoms with E-state index in [0.717, 1.165) is 6.20 Å². The number of esters is 1. The van der Waals surface area contributed by atoms with Crippen LogP contribution in [0.1, 0.15) is 21.6 Å². The monoisotopic (exact) mass is 623 g/mol. The molecule has 0 spiro atoms. The predicted octanol–water partition coefficient (Wildman–Crippen LogP) is 0.960. The van der Waals surface area contributed by atoms with E-state index < -0.39 is 48.7 Å². The molecule has 3 aromatic rings. The number of ether oxygens (including phenoxy) is 1. The molecule has 3 rings (SSSR count). The summed E-state index contributed by atoms with van der Waals surface area (Å²) in [6, 6.07) is 14.7. The zero-order valence-corrected chi connectivity index (χ0v) is 24.5. The lowest BCUT2D eigenvalue weighted by Gasteiger charge is -2.17. The number of hydrogen-bond acceptors (Lipinski definition) is 10. The van der Waals surface area contributed by atoms with Crippen molar-refractivity contribution in [1.29, 1.82) is 0 Å². The third-order valence-electron chi connectivity index (χ3n) is 5.75. The van der Waals surface area contributed by atoms with E-state index in [1.807, 2.05) is 0 Å². The summed E-state index contributed by atoms with van der Waals surface area (Å²) in [6.07, 6.45) is 1.23. The first kappa shape index (κ1) is 33.0. The van der Waals surface area contributed by atoms with Crippen molar-refractivity contribution in [1.82, 2.24) is 31.2 Å². The normalized spacial score (nSPS) is 11.5. The van der Waals surface area contributed by atoms with Crippen molar-refractivity contribution in [2.75, 3.05) is 25.5 Å². The average Bonchev–Trinajstić information content (AvgIpc) is 3.01. The number of phenols is 1. The summed E-state index contributed by atoms with van der Waals surface area (Å²) < 4.78 is 4.74. The lowest BCUT2D eigenvalue weighted by Crippen LogP contribution is -2.48. The summed E-state index contributed by atoms with van der Waals surface area (Å²) in [5.41, 5.74) is 1.22. The molecule has 0 saturated heterocycles. The molecule has 230 valence electrons. The maximum atomic E-state index is 12.9. The first-order chi connectivity index (χ1) is 21.0. The minimum Gasteiger partial charge on any atom is -0.508 e. The second-order valence-corrected chi connectivity index (χ2v) is 9.54. The number of carbonyl (C=O) groups excluding carboxylic acids is 5. The number of nitrogens with one attached hydrogen (secondary N) is 5. The minimum atomic E-state index is -1.05. The van der Waals surface area contributed by atoms with Gasteiger partial charge in [-0.25, -0.2) is 14.8 Å². The predicted molar refractivity (Wildman–Crippen MR) is 159 cm³/mol. The Morgan fingerprint density at radius 2 is 1.64 bits per heavy atom. The Bertz CT molecular complexity index is 1510. The number of halogens is 1. The largest absolute Gasteiger partial charge is 0.508 e. The minimum absolute atomic E-state index is 0.0462. The molecule has 2 aromatic carbocycles. The zero-order chi connectivity index (χ0) is 32.1. The standard InChI is InChI=1S/C29H30ClN7O7/c1-17-12-23(30)37-29(34-17)33-14-22(36-26(41)19-6-4-3-5-7-19)27(42)32-15-24(39)31-16-25(40)35-21(28(43)44-2)13-18-8-10-20(38)11-9-18/h3-12,14,21,38H,13,15-16H2,1-2H3,(H,31,39)(H,32,42)(H,35,40)(H,36,41)(H,33,34,37)/b22-14-/t21-/m0/s1. The number of rotatable bonds is 13. The van der Waals surface area contributed by atoms with Crippen LogP contribution in [0.3, 0.4) is 0 Å². The Labute approximate surface area is 257 Å². The molecule has 6 N–H and O–H groups in total. The molecule has 0 aliphatic rings. The summed E-state index contributed by atoms with van der Waals surface area (Å²) in [5, 5.41) is 21.9. The van der Waals surface area contributed by atoms with Gasteiger partial charge in [0.05, 0.1) is 20.2 Å². The van der Waals surface area contributed by atoms with E-state index in [9.17, 15) is 29.1 Å². The van der Waals surface area contributed by atoms with Crippen LogP contribution in [0.15, 0.2) is 72.6 Å². The van der Waals surface area contributed by atoms with Crippen molar-refractivity contribution in [2.24, 2.45) is 0 Å². The van der Waals surface area contributed by atoms with Gasteiger partial charge in [0.25, 0.3) is 11.8 Å². The number of aryl methyl sites for hydroxylation is 1. The maximum absolute atomic E-state index is 12.9. The Morgan fingerprint density at radius 3 is 2.30 bits per heavy atom. The third kappa shape index (κ3) is 10.7. The van der Waals surface area contributed by atoms with Gasteiger partial charge < -0.3 is 36.4 Å². The van der Waals surface area contributed by atoms with Crippen molar-refractivity contribution < 1.29 is 33.8 Å². The van der Waals surface area contributed by atoms with Gasteiger partial charge in [0.1, 0.15) is 22.6 Å². The quantitative estimate of drug-likeness (QED) is 0.0905. The van der Waals surface area contributed by atoms with Gasteiger partial charge in [0.2, 0.25) is 17.8 Å². The van der Waals surface area contributed by atoms with Gasteiger partial charge in [0.15, 0.2) is 0 Å². The van der Waals surface area contributed by atoms with E-state index >= 15 is 0 Å². The SMILES string of the molecule is COC(=O)[C@H](Cc1ccc(O)cc1)NC(=O)CNC(=O)CNC(=O)/C(=C/Nc1nc(C)cc(Cl)n1)NC(=O)c1ccccc1. The smallest absolute Gasteiger partial charge is 0.328 e. The molecule has 15 heteroatoms. The Kier molecular flexibility index (Phi) is 12.2. The van der Waals surface area contributed by atoms with Gasteiger partial charge >= 0.3 is 5.97 Å². The van der Waals surface area contributed by atoms with Crippen molar-refractivity contribution in [3.05, 3.63) is 94.5 Å². The van der Waals surface area contributed by atoms with Gasteiger partial charge in [0, 0.05) is 23.9 Å². The number of methoxy groups -OCH3 is 1. The zero-order valence-electron chi connectivity index (χ0n) is 23.7. The number of phenolic OH excluding ortho intramolecular Hbond substituents is 1. The molecule has 0 aliphatic heterocycles. The Hall–Kier alpha value is -5.50. The van der Waals surface area contributed by atoms with Crippen LogP contribution in [-0.2, 0) is 30.3 Å². The molecule has 4 amide bonds. The van der Waals surface area contributed by atoms with Crippen LogP contribution in [-0.4, -0.2) is 70.9 Å². The Morgan fingerprint density at radius 1 is 0.955 bits per heavy atom. The number of aromatic hydroxyl groups is 1. The van der Waals surface area contributed by atoms with Gasteiger partial charge in [-0.05, 0) is 42.8 Å². The first-order valence-electron chi connectivity index (χ1n) is 13.1. The van der Waals surface area contributed by atoms with Gasteiger partial charge in [-0.15, -0.1) is 0 Å². The van der Waals surface area contributed by atoms with Crippen LogP contribution < -0.4 is 26.6 Å². The molecule has 0 radical (unpaired) electrons. The molecule has 1 atom stereocenters. The summed E-state index contributed by atoms with van der Waals surface area (Å²) in [4.78, 5) is 70.8. The summed E-state index contributed by atoms with van der Waals surface area (Å²) in [5.74, 6) is -3.43. The van der Waals surface area contributed by atoms with Crippen molar-refractivity contribution in [3.8, 4) is 5.75 Å². The highest BCUT2D eigenvalue weighted by Gasteiger charge is 2.22. The molecule has 1 heterocycles. The number of aromatic nitrogens is 2. The fraction of sp³-hybridized carbons (Fsp3) is 0.207. The van der Waals surface area contributed by atoms with Crippen LogP contribution in [0.5, 0.6) is 5.75 Å². The molecule has 1 aromatic heterocycles. The van der Waals surface area contributed by atoms with Crippen molar-refractivity contribution >= 4 is 47.1 Å².